The van der Waals surface area contributed by atoms with Gasteiger partial charge < -0.3 is 5.11 Å². The highest BCUT2D eigenvalue weighted by atomic mass is 17.4. The van der Waals surface area contributed by atoms with Gasteiger partial charge in [0.1, 0.15) is 6.10 Å². The minimum absolute atomic E-state index is 0.133. The van der Waals surface area contributed by atoms with Crippen LogP contribution in [0.2, 0.25) is 0 Å². The van der Waals surface area contributed by atoms with E-state index >= 15 is 0 Å². The molecule has 2 aliphatic rings. The number of rotatable bonds is 0. The third-order valence-corrected chi connectivity index (χ3v) is 1.97. The minimum Gasteiger partial charge on any atom is -0.387 e. The van der Waals surface area contributed by atoms with Crippen molar-refractivity contribution in [3.63, 3.8) is 0 Å². The van der Waals surface area contributed by atoms with Crippen molar-refractivity contribution in [3.05, 3.63) is 0 Å². The molecule has 0 radical (unpaired) electrons. The number of ketones is 1. The standard InChI is InChI=1S/C6H8O4/c7-4-2-1-3-5(8)6(4)9-10-6/h4,7H,1-3H2. The summed E-state index contributed by atoms with van der Waals surface area (Å²) in [7, 11) is 0. The molecule has 4 heteroatoms. The van der Waals surface area contributed by atoms with E-state index in [0.717, 1.165) is 6.42 Å². The third-order valence-electron chi connectivity index (χ3n) is 1.97. The maximum atomic E-state index is 11.0. The van der Waals surface area contributed by atoms with Crippen LogP contribution in [0.4, 0.5) is 0 Å². The highest BCUT2D eigenvalue weighted by molar-refractivity contribution is 5.88. The summed E-state index contributed by atoms with van der Waals surface area (Å²) >= 11 is 0. The van der Waals surface area contributed by atoms with Crippen molar-refractivity contribution in [1.29, 1.82) is 0 Å². The van der Waals surface area contributed by atoms with Crippen LogP contribution in [-0.4, -0.2) is 22.8 Å². The summed E-state index contributed by atoms with van der Waals surface area (Å²) in [4.78, 5) is 19.9. The SMILES string of the molecule is O=C1CCCC(O)C12OO2. The molecule has 1 saturated carbocycles. The van der Waals surface area contributed by atoms with E-state index in [9.17, 15) is 9.90 Å². The molecule has 1 N–H and O–H groups in total. The maximum Gasteiger partial charge on any atom is 0.316 e. The fourth-order valence-corrected chi connectivity index (χ4v) is 1.25. The smallest absolute Gasteiger partial charge is 0.316 e. The number of carbonyl (C=O) groups is 1. The van der Waals surface area contributed by atoms with Crippen LogP contribution in [0.15, 0.2) is 0 Å². The molecule has 0 aromatic heterocycles. The van der Waals surface area contributed by atoms with Crippen LogP contribution in [0.5, 0.6) is 0 Å². The van der Waals surface area contributed by atoms with Gasteiger partial charge in [-0.15, -0.1) is 0 Å². The van der Waals surface area contributed by atoms with E-state index in [1.165, 1.54) is 0 Å². The molecule has 4 nitrogen and oxygen atoms in total. The Labute approximate surface area is 57.7 Å². The lowest BCUT2D eigenvalue weighted by atomic mass is 9.91. The van der Waals surface area contributed by atoms with Crippen molar-refractivity contribution in [1.82, 2.24) is 0 Å². The molecule has 1 aliphatic carbocycles. The van der Waals surface area contributed by atoms with Crippen molar-refractivity contribution in [2.75, 3.05) is 0 Å². The molecule has 1 heterocycles. The highest BCUT2D eigenvalue weighted by Gasteiger charge is 2.62. The first-order valence-corrected chi connectivity index (χ1v) is 3.34. The van der Waals surface area contributed by atoms with Gasteiger partial charge in [-0.1, -0.05) is 0 Å². The first kappa shape index (κ1) is 6.27. The predicted octanol–water partition coefficient (Wildman–Crippen LogP) is -0.242. The zero-order valence-corrected chi connectivity index (χ0v) is 5.37. The molecule has 0 amide bonds. The van der Waals surface area contributed by atoms with Gasteiger partial charge in [-0.2, -0.15) is 9.78 Å². The van der Waals surface area contributed by atoms with E-state index in [0.29, 0.717) is 12.8 Å². The molecule has 1 saturated heterocycles. The van der Waals surface area contributed by atoms with E-state index in [1.54, 1.807) is 0 Å². The van der Waals surface area contributed by atoms with E-state index < -0.39 is 11.9 Å². The fourth-order valence-electron chi connectivity index (χ4n) is 1.25. The van der Waals surface area contributed by atoms with E-state index in [-0.39, 0.29) is 5.78 Å². The predicted molar refractivity (Wildman–Crippen MR) is 29.8 cm³/mol. The second-order valence-corrected chi connectivity index (χ2v) is 2.67. The average Bonchev–Trinajstić information content (AvgIpc) is 2.64. The minimum atomic E-state index is -1.24. The monoisotopic (exact) mass is 144 g/mol. The van der Waals surface area contributed by atoms with Crippen LogP contribution in [0.25, 0.3) is 0 Å². The Hall–Kier alpha value is -0.450. The lowest BCUT2D eigenvalue weighted by Crippen LogP contribution is -2.41. The van der Waals surface area contributed by atoms with Gasteiger partial charge in [0.2, 0.25) is 0 Å². The topological polar surface area (TPSA) is 62.4 Å². The number of carbonyl (C=O) groups excluding carboxylic acids is 1. The maximum absolute atomic E-state index is 11.0. The molecule has 0 aromatic rings. The van der Waals surface area contributed by atoms with E-state index in [4.69, 9.17) is 0 Å². The van der Waals surface area contributed by atoms with Gasteiger partial charge in [0.25, 0.3) is 0 Å². The van der Waals surface area contributed by atoms with Crippen LogP contribution in [0.1, 0.15) is 19.3 Å². The molecule has 0 aromatic carbocycles. The van der Waals surface area contributed by atoms with Crippen molar-refractivity contribution in [3.8, 4) is 0 Å². The summed E-state index contributed by atoms with van der Waals surface area (Å²) in [5.41, 5.74) is 0. The van der Waals surface area contributed by atoms with E-state index in [2.05, 4.69) is 9.78 Å². The van der Waals surface area contributed by atoms with Crippen LogP contribution in [-0.2, 0) is 14.6 Å². The molecule has 1 aliphatic heterocycles. The quantitative estimate of drug-likeness (QED) is 0.376. The van der Waals surface area contributed by atoms with Crippen LogP contribution < -0.4 is 0 Å². The van der Waals surface area contributed by atoms with Crippen LogP contribution >= 0.6 is 0 Å². The molecule has 2 rings (SSSR count). The summed E-state index contributed by atoms with van der Waals surface area (Å²) in [5, 5.41) is 9.20. The Balaban J connectivity index is 2.18. The Morgan fingerprint density at radius 1 is 1.60 bits per heavy atom. The first-order chi connectivity index (χ1) is 4.76. The van der Waals surface area contributed by atoms with Crippen molar-refractivity contribution >= 4 is 5.78 Å². The average molecular weight is 144 g/mol. The third kappa shape index (κ3) is 0.637. The van der Waals surface area contributed by atoms with Crippen molar-refractivity contribution in [2.24, 2.45) is 0 Å². The summed E-state index contributed by atoms with van der Waals surface area (Å²) < 4.78 is 0. The number of hydrogen-bond acceptors (Lipinski definition) is 4. The largest absolute Gasteiger partial charge is 0.387 e. The van der Waals surface area contributed by atoms with Crippen molar-refractivity contribution in [2.45, 2.75) is 31.2 Å². The summed E-state index contributed by atoms with van der Waals surface area (Å²) in [6.45, 7) is 0. The van der Waals surface area contributed by atoms with Crippen LogP contribution in [0, 0.1) is 0 Å². The fraction of sp³-hybridized carbons (Fsp3) is 0.833. The number of Topliss-reactive ketones (excluding diaryl/α,β-unsaturated/α-hetero) is 1. The van der Waals surface area contributed by atoms with Gasteiger partial charge in [0, 0.05) is 6.42 Å². The molecular formula is C6H8O4. The summed E-state index contributed by atoms with van der Waals surface area (Å²) in [6.07, 6.45) is 1.02. The Morgan fingerprint density at radius 3 is 2.70 bits per heavy atom. The van der Waals surface area contributed by atoms with Gasteiger partial charge >= 0.3 is 5.79 Å². The number of aliphatic hydroxyl groups excluding tert-OH is 1. The van der Waals surface area contributed by atoms with Gasteiger partial charge in [0.15, 0.2) is 5.78 Å². The molecule has 2 fully saturated rings. The Morgan fingerprint density at radius 2 is 2.30 bits per heavy atom. The lowest BCUT2D eigenvalue weighted by molar-refractivity contribution is -0.132. The Bertz CT molecular complexity index is 173. The molecule has 1 spiro atoms. The number of aliphatic hydroxyl groups is 1. The van der Waals surface area contributed by atoms with Gasteiger partial charge in [-0.05, 0) is 12.8 Å². The molecule has 1 atom stereocenters. The molecule has 0 bridgehead atoms. The second-order valence-electron chi connectivity index (χ2n) is 2.67. The van der Waals surface area contributed by atoms with E-state index in [1.807, 2.05) is 0 Å². The zero-order chi connectivity index (χ0) is 7.19. The zero-order valence-electron chi connectivity index (χ0n) is 5.37. The van der Waals surface area contributed by atoms with Crippen LogP contribution in [0.3, 0.4) is 0 Å². The van der Waals surface area contributed by atoms with Gasteiger partial charge in [-0.25, -0.2) is 0 Å². The van der Waals surface area contributed by atoms with Crippen molar-refractivity contribution < 1.29 is 19.7 Å². The molecule has 1 unspecified atom stereocenters. The molecule has 10 heavy (non-hydrogen) atoms. The summed E-state index contributed by atoms with van der Waals surface area (Å²) in [5.74, 6) is -1.37. The van der Waals surface area contributed by atoms with Gasteiger partial charge in [-0.3, -0.25) is 4.79 Å². The van der Waals surface area contributed by atoms with Gasteiger partial charge in [0.05, 0.1) is 0 Å². The Kier molecular flexibility index (Phi) is 1.12. The second kappa shape index (κ2) is 1.78. The first-order valence-electron chi connectivity index (χ1n) is 3.34. The summed E-state index contributed by atoms with van der Waals surface area (Å²) in [6, 6.07) is 0. The molecule has 56 valence electrons. The lowest BCUT2D eigenvalue weighted by Gasteiger charge is -2.18. The molecular weight excluding hydrogens is 136 g/mol. The number of hydrogen-bond donors (Lipinski definition) is 1. The normalized spacial score (nSPS) is 36.5. The highest BCUT2D eigenvalue weighted by Crippen LogP contribution is 2.40.